The fourth-order valence-corrected chi connectivity index (χ4v) is 2.70. The van der Waals surface area contributed by atoms with Crippen LogP contribution >= 0.6 is 11.6 Å². The SMILES string of the molecule is O=C(c1ccc(F)cc1Cl)C1CC1c1ccccc1. The maximum atomic E-state index is 13.0. The summed E-state index contributed by atoms with van der Waals surface area (Å²) < 4.78 is 13.0. The van der Waals surface area contributed by atoms with Crippen molar-refractivity contribution in [3.63, 3.8) is 0 Å². The maximum Gasteiger partial charge on any atom is 0.168 e. The fourth-order valence-electron chi connectivity index (χ4n) is 2.44. The number of hydrogen-bond acceptors (Lipinski definition) is 1. The van der Waals surface area contributed by atoms with Gasteiger partial charge in [0.15, 0.2) is 5.78 Å². The summed E-state index contributed by atoms with van der Waals surface area (Å²) in [5.41, 5.74) is 1.60. The van der Waals surface area contributed by atoms with Crippen molar-refractivity contribution in [2.45, 2.75) is 12.3 Å². The Morgan fingerprint density at radius 1 is 1.16 bits per heavy atom. The molecule has 1 saturated carbocycles. The molecule has 0 N–H and O–H groups in total. The number of hydrogen-bond donors (Lipinski definition) is 0. The van der Waals surface area contributed by atoms with Crippen LogP contribution in [-0.2, 0) is 0 Å². The Morgan fingerprint density at radius 3 is 2.58 bits per heavy atom. The summed E-state index contributed by atoms with van der Waals surface area (Å²) in [5, 5.41) is 0.198. The van der Waals surface area contributed by atoms with E-state index in [1.165, 1.54) is 23.8 Å². The van der Waals surface area contributed by atoms with Gasteiger partial charge in [-0.25, -0.2) is 4.39 Å². The van der Waals surface area contributed by atoms with E-state index in [4.69, 9.17) is 11.6 Å². The number of benzene rings is 2. The van der Waals surface area contributed by atoms with Crippen molar-refractivity contribution in [1.29, 1.82) is 0 Å². The average Bonchev–Trinajstić information content (AvgIpc) is 3.19. The second-order valence-corrected chi connectivity index (χ2v) is 5.25. The van der Waals surface area contributed by atoms with Crippen molar-refractivity contribution in [2.24, 2.45) is 5.92 Å². The molecule has 0 bridgehead atoms. The molecule has 19 heavy (non-hydrogen) atoms. The van der Waals surface area contributed by atoms with Crippen molar-refractivity contribution in [3.05, 3.63) is 70.5 Å². The lowest BCUT2D eigenvalue weighted by molar-refractivity contribution is 0.0965. The molecule has 2 aromatic carbocycles. The number of rotatable bonds is 3. The highest BCUT2D eigenvalue weighted by Gasteiger charge is 2.44. The maximum absolute atomic E-state index is 13.0. The molecule has 1 fully saturated rings. The molecule has 1 aliphatic rings. The van der Waals surface area contributed by atoms with Crippen LogP contribution in [0.4, 0.5) is 4.39 Å². The molecule has 1 nitrogen and oxygen atoms in total. The van der Waals surface area contributed by atoms with Crippen molar-refractivity contribution in [1.82, 2.24) is 0 Å². The first-order valence-corrected chi connectivity index (χ1v) is 6.59. The summed E-state index contributed by atoms with van der Waals surface area (Å²) in [6, 6.07) is 13.9. The van der Waals surface area contributed by atoms with E-state index < -0.39 is 5.82 Å². The topological polar surface area (TPSA) is 17.1 Å². The number of Topliss-reactive ketones (excluding diaryl/α,β-unsaturated/α-hetero) is 1. The van der Waals surface area contributed by atoms with Crippen LogP contribution in [0, 0.1) is 11.7 Å². The van der Waals surface area contributed by atoms with Crippen LogP contribution in [0.1, 0.15) is 28.3 Å². The minimum Gasteiger partial charge on any atom is -0.294 e. The molecule has 0 spiro atoms. The predicted octanol–water partition coefficient (Wildman–Crippen LogP) is 4.47. The third-order valence-electron chi connectivity index (χ3n) is 3.55. The van der Waals surface area contributed by atoms with E-state index in [9.17, 15) is 9.18 Å². The number of carbonyl (C=O) groups is 1. The fraction of sp³-hybridized carbons (Fsp3) is 0.188. The molecule has 2 unspecified atom stereocenters. The van der Waals surface area contributed by atoms with Gasteiger partial charge in [-0.2, -0.15) is 0 Å². The van der Waals surface area contributed by atoms with Crippen LogP contribution in [0.5, 0.6) is 0 Å². The minimum absolute atomic E-state index is 0.0128. The second kappa shape index (κ2) is 4.78. The minimum atomic E-state index is -0.419. The summed E-state index contributed by atoms with van der Waals surface area (Å²) in [6.07, 6.45) is 0.844. The average molecular weight is 275 g/mol. The molecule has 0 heterocycles. The predicted molar refractivity (Wildman–Crippen MR) is 73.0 cm³/mol. The molecule has 3 rings (SSSR count). The van der Waals surface area contributed by atoms with Crippen LogP contribution in [-0.4, -0.2) is 5.78 Å². The summed E-state index contributed by atoms with van der Waals surface area (Å²) in [7, 11) is 0. The van der Waals surface area contributed by atoms with E-state index in [1.54, 1.807) is 0 Å². The number of halogens is 2. The van der Waals surface area contributed by atoms with Gasteiger partial charge in [-0.15, -0.1) is 0 Å². The van der Waals surface area contributed by atoms with Gasteiger partial charge >= 0.3 is 0 Å². The molecule has 2 aromatic rings. The second-order valence-electron chi connectivity index (χ2n) is 4.85. The van der Waals surface area contributed by atoms with Gasteiger partial charge in [0.05, 0.1) is 5.02 Å². The van der Waals surface area contributed by atoms with E-state index in [-0.39, 0.29) is 22.6 Å². The van der Waals surface area contributed by atoms with Crippen molar-refractivity contribution in [3.8, 4) is 0 Å². The third-order valence-corrected chi connectivity index (χ3v) is 3.86. The highest BCUT2D eigenvalue weighted by atomic mass is 35.5. The summed E-state index contributed by atoms with van der Waals surface area (Å²) >= 11 is 5.93. The summed E-state index contributed by atoms with van der Waals surface area (Å²) in [6.45, 7) is 0. The highest BCUT2D eigenvalue weighted by molar-refractivity contribution is 6.34. The van der Waals surface area contributed by atoms with Gasteiger partial charge in [-0.3, -0.25) is 4.79 Å². The van der Waals surface area contributed by atoms with Gasteiger partial charge in [0, 0.05) is 11.5 Å². The van der Waals surface area contributed by atoms with E-state index in [0.717, 1.165) is 6.42 Å². The van der Waals surface area contributed by atoms with Gasteiger partial charge < -0.3 is 0 Å². The Balaban J connectivity index is 1.80. The highest BCUT2D eigenvalue weighted by Crippen LogP contribution is 2.49. The van der Waals surface area contributed by atoms with Crippen LogP contribution in [0.2, 0.25) is 5.02 Å². The Hall–Kier alpha value is -1.67. The zero-order valence-corrected chi connectivity index (χ0v) is 10.9. The summed E-state index contributed by atoms with van der Waals surface area (Å²) in [5.74, 6) is -0.156. The van der Waals surface area contributed by atoms with Gasteiger partial charge in [-0.1, -0.05) is 41.9 Å². The van der Waals surface area contributed by atoms with Gasteiger partial charge in [0.1, 0.15) is 5.82 Å². The molecule has 3 heteroatoms. The van der Waals surface area contributed by atoms with Crippen LogP contribution in [0.25, 0.3) is 0 Å². The Labute approximate surface area is 116 Å². The van der Waals surface area contributed by atoms with Crippen LogP contribution in [0.15, 0.2) is 48.5 Å². The zero-order valence-electron chi connectivity index (χ0n) is 10.1. The molecule has 0 radical (unpaired) electrons. The number of carbonyl (C=O) groups excluding carboxylic acids is 1. The normalized spacial score (nSPS) is 21.2. The van der Waals surface area contributed by atoms with Crippen molar-refractivity contribution < 1.29 is 9.18 Å². The molecule has 1 aliphatic carbocycles. The van der Waals surface area contributed by atoms with Crippen molar-refractivity contribution in [2.75, 3.05) is 0 Å². The lowest BCUT2D eigenvalue weighted by Crippen LogP contribution is -2.04. The largest absolute Gasteiger partial charge is 0.294 e. The van der Waals surface area contributed by atoms with E-state index in [1.807, 2.05) is 30.3 Å². The van der Waals surface area contributed by atoms with E-state index >= 15 is 0 Å². The molecule has 96 valence electrons. The Bertz CT molecular complexity index is 624. The van der Waals surface area contributed by atoms with Gasteiger partial charge in [-0.05, 0) is 36.1 Å². The molecule has 0 aromatic heterocycles. The van der Waals surface area contributed by atoms with Crippen LogP contribution in [0.3, 0.4) is 0 Å². The third kappa shape index (κ3) is 2.41. The standard InChI is InChI=1S/C16H12ClFO/c17-15-8-11(18)6-7-12(15)16(19)14-9-13(14)10-4-2-1-3-5-10/h1-8,13-14H,9H2. The molecule has 0 aliphatic heterocycles. The molecule has 2 atom stereocenters. The van der Waals surface area contributed by atoms with Gasteiger partial charge in [0.25, 0.3) is 0 Å². The Kier molecular flexibility index (Phi) is 3.11. The molecule has 0 saturated heterocycles. The lowest BCUT2D eigenvalue weighted by Gasteiger charge is -2.03. The van der Waals surface area contributed by atoms with E-state index in [0.29, 0.717) is 5.56 Å². The Morgan fingerprint density at radius 2 is 1.89 bits per heavy atom. The number of ketones is 1. The molecule has 0 amide bonds. The monoisotopic (exact) mass is 274 g/mol. The van der Waals surface area contributed by atoms with Crippen LogP contribution < -0.4 is 0 Å². The first-order valence-electron chi connectivity index (χ1n) is 6.21. The van der Waals surface area contributed by atoms with E-state index in [2.05, 4.69) is 0 Å². The molecular weight excluding hydrogens is 263 g/mol. The molecular formula is C16H12ClFO. The smallest absolute Gasteiger partial charge is 0.168 e. The summed E-state index contributed by atoms with van der Waals surface area (Å²) in [4.78, 5) is 12.3. The first kappa shape index (κ1) is 12.4. The first-order chi connectivity index (χ1) is 9.16. The van der Waals surface area contributed by atoms with Gasteiger partial charge in [0.2, 0.25) is 0 Å². The quantitative estimate of drug-likeness (QED) is 0.755. The lowest BCUT2D eigenvalue weighted by atomic mass is 10.0. The zero-order chi connectivity index (χ0) is 13.4. The van der Waals surface area contributed by atoms with Crippen molar-refractivity contribution >= 4 is 17.4 Å².